The van der Waals surface area contributed by atoms with E-state index in [0.717, 1.165) is 24.0 Å². The van der Waals surface area contributed by atoms with Crippen molar-refractivity contribution in [1.82, 2.24) is 4.31 Å². The third-order valence-electron chi connectivity index (χ3n) is 5.64. The second-order valence-electron chi connectivity index (χ2n) is 7.50. The summed E-state index contributed by atoms with van der Waals surface area (Å²) in [5.41, 5.74) is 0.467. The molecule has 0 unspecified atom stereocenters. The number of carboxylic acids is 1. The second kappa shape index (κ2) is 6.37. The van der Waals surface area contributed by atoms with Crippen LogP contribution in [0.25, 0.3) is 0 Å². The molecule has 2 aliphatic rings. The van der Waals surface area contributed by atoms with Crippen molar-refractivity contribution in [1.29, 1.82) is 0 Å². The third-order valence-corrected chi connectivity index (χ3v) is 7.48. The first-order valence-corrected chi connectivity index (χ1v) is 10.1. The van der Waals surface area contributed by atoms with Gasteiger partial charge in [0.1, 0.15) is 5.41 Å². The molecule has 1 saturated carbocycles. The lowest BCUT2D eigenvalue weighted by Crippen LogP contribution is -2.57. The normalized spacial score (nSPS) is 28.0. The molecule has 1 aliphatic heterocycles. The maximum absolute atomic E-state index is 13.0. The predicted molar refractivity (Wildman–Crippen MR) is 92.7 cm³/mol. The molecule has 1 aromatic carbocycles. The van der Waals surface area contributed by atoms with Gasteiger partial charge in [0.05, 0.1) is 11.0 Å². The Kier molecular flexibility index (Phi) is 4.68. The highest BCUT2D eigenvalue weighted by atomic mass is 32.2. The fourth-order valence-electron chi connectivity index (χ4n) is 3.61. The van der Waals surface area contributed by atoms with Gasteiger partial charge in [0.15, 0.2) is 0 Å². The Bertz CT molecular complexity index is 787. The maximum Gasteiger partial charge on any atom is 0.313 e. The number of aliphatic carboxylic acids is 1. The van der Waals surface area contributed by atoms with E-state index in [1.165, 1.54) is 4.31 Å². The Labute approximate surface area is 148 Å². The molecule has 6 nitrogen and oxygen atoms in total. The summed E-state index contributed by atoms with van der Waals surface area (Å²) in [6, 6.07) is 4.95. The van der Waals surface area contributed by atoms with Crippen LogP contribution in [0.1, 0.15) is 36.8 Å². The number of nitrogens with zero attached hydrogens (tertiary/aromatic N) is 1. The van der Waals surface area contributed by atoms with Crippen molar-refractivity contribution in [2.24, 2.45) is 11.3 Å². The molecule has 0 aromatic heterocycles. The van der Waals surface area contributed by atoms with E-state index in [2.05, 4.69) is 0 Å². The minimum atomic E-state index is -3.79. The van der Waals surface area contributed by atoms with Crippen molar-refractivity contribution < 1.29 is 23.4 Å². The molecule has 2 fully saturated rings. The first kappa shape index (κ1) is 18.4. The number of carbonyl (C=O) groups is 1. The zero-order valence-corrected chi connectivity index (χ0v) is 15.4. The molecule has 138 valence electrons. The highest BCUT2D eigenvalue weighted by Crippen LogP contribution is 2.45. The largest absolute Gasteiger partial charge is 0.481 e. The van der Waals surface area contributed by atoms with Crippen LogP contribution >= 0.6 is 0 Å². The summed E-state index contributed by atoms with van der Waals surface area (Å²) in [5, 5.41) is 20.2. The van der Waals surface area contributed by atoms with Crippen LogP contribution in [0, 0.1) is 25.2 Å². The van der Waals surface area contributed by atoms with Gasteiger partial charge in [-0.05, 0) is 55.9 Å². The standard InChI is InChI=1S/C18H25NO5S/c1-12-3-6-15(9-13(12)2)25(23,24)19-8-7-16(20)18(11-19,17(21)22)10-14-4-5-14/h3,6,9,14,16,20H,4-5,7-8,10-11H2,1-2H3,(H,21,22)/t16-,18+/m1/s1. The number of piperidine rings is 1. The first-order chi connectivity index (χ1) is 11.7. The summed E-state index contributed by atoms with van der Waals surface area (Å²) < 4.78 is 27.3. The van der Waals surface area contributed by atoms with Gasteiger partial charge < -0.3 is 10.2 Å². The molecule has 7 heteroatoms. The fourth-order valence-corrected chi connectivity index (χ4v) is 5.22. The van der Waals surface area contributed by atoms with Crippen LogP contribution in [0.5, 0.6) is 0 Å². The summed E-state index contributed by atoms with van der Waals surface area (Å²) in [5.74, 6) is -0.832. The maximum atomic E-state index is 13.0. The smallest absolute Gasteiger partial charge is 0.313 e. The van der Waals surface area contributed by atoms with Gasteiger partial charge in [-0.15, -0.1) is 0 Å². The van der Waals surface area contributed by atoms with Crippen LogP contribution in [-0.2, 0) is 14.8 Å². The molecule has 25 heavy (non-hydrogen) atoms. The SMILES string of the molecule is Cc1ccc(S(=O)(=O)N2CC[C@@H](O)[C@@](CC3CC3)(C(=O)O)C2)cc1C. The highest BCUT2D eigenvalue weighted by molar-refractivity contribution is 7.89. The number of aliphatic hydroxyl groups excluding tert-OH is 1. The third kappa shape index (κ3) is 3.32. The molecular formula is C18H25NO5S. The van der Waals surface area contributed by atoms with Gasteiger partial charge in [0, 0.05) is 13.1 Å². The quantitative estimate of drug-likeness (QED) is 0.829. The Hall–Kier alpha value is -1.44. The number of hydrogen-bond donors (Lipinski definition) is 2. The van der Waals surface area contributed by atoms with Crippen molar-refractivity contribution in [2.45, 2.75) is 50.5 Å². The number of hydrogen-bond acceptors (Lipinski definition) is 4. The van der Waals surface area contributed by atoms with Crippen molar-refractivity contribution >= 4 is 16.0 Å². The minimum absolute atomic E-state index is 0.135. The van der Waals surface area contributed by atoms with Crippen molar-refractivity contribution in [3.05, 3.63) is 29.3 Å². The number of rotatable bonds is 5. The van der Waals surface area contributed by atoms with E-state index in [1.807, 2.05) is 13.8 Å². The number of carboxylic acid groups (broad SMARTS) is 1. The Balaban J connectivity index is 1.93. The molecule has 2 N–H and O–H groups in total. The molecule has 1 heterocycles. The number of aliphatic hydroxyl groups is 1. The summed E-state index contributed by atoms with van der Waals surface area (Å²) >= 11 is 0. The molecule has 3 rings (SSSR count). The highest BCUT2D eigenvalue weighted by Gasteiger charge is 2.53. The number of benzene rings is 1. The topological polar surface area (TPSA) is 94.9 Å². The first-order valence-electron chi connectivity index (χ1n) is 8.66. The Morgan fingerprint density at radius 3 is 2.48 bits per heavy atom. The minimum Gasteiger partial charge on any atom is -0.481 e. The average molecular weight is 367 g/mol. The number of aryl methyl sites for hydroxylation is 2. The van der Waals surface area contributed by atoms with E-state index < -0.39 is 27.5 Å². The van der Waals surface area contributed by atoms with Gasteiger partial charge in [-0.25, -0.2) is 8.42 Å². The zero-order valence-electron chi connectivity index (χ0n) is 14.6. The lowest BCUT2D eigenvalue weighted by molar-refractivity contribution is -0.162. The number of sulfonamides is 1. The molecule has 0 radical (unpaired) electrons. The van der Waals surface area contributed by atoms with Gasteiger partial charge in [-0.2, -0.15) is 4.31 Å². The lowest BCUT2D eigenvalue weighted by atomic mass is 9.74. The van der Waals surface area contributed by atoms with E-state index >= 15 is 0 Å². The van der Waals surface area contributed by atoms with Gasteiger partial charge in [-0.1, -0.05) is 18.9 Å². The van der Waals surface area contributed by atoms with E-state index in [0.29, 0.717) is 6.42 Å². The van der Waals surface area contributed by atoms with Crippen LogP contribution in [0.2, 0.25) is 0 Å². The predicted octanol–water partition coefficient (Wildman–Crippen LogP) is 1.93. The summed E-state index contributed by atoms with van der Waals surface area (Å²) in [7, 11) is -3.79. The molecule has 0 bridgehead atoms. The monoisotopic (exact) mass is 367 g/mol. The lowest BCUT2D eigenvalue weighted by Gasteiger charge is -2.42. The molecule has 2 atom stereocenters. The summed E-state index contributed by atoms with van der Waals surface area (Å²) in [6.45, 7) is 3.72. The zero-order chi connectivity index (χ0) is 18.4. The van der Waals surface area contributed by atoms with Crippen molar-refractivity contribution in [2.75, 3.05) is 13.1 Å². The molecule has 0 spiro atoms. The fraction of sp³-hybridized carbons (Fsp3) is 0.611. The van der Waals surface area contributed by atoms with Crippen molar-refractivity contribution in [3.8, 4) is 0 Å². The van der Waals surface area contributed by atoms with Crippen LogP contribution in [0.15, 0.2) is 23.1 Å². The Morgan fingerprint density at radius 2 is 1.92 bits per heavy atom. The van der Waals surface area contributed by atoms with Gasteiger partial charge in [-0.3, -0.25) is 4.79 Å². The van der Waals surface area contributed by atoms with Gasteiger partial charge in [0.25, 0.3) is 0 Å². The van der Waals surface area contributed by atoms with Crippen LogP contribution in [0.4, 0.5) is 0 Å². The van der Waals surface area contributed by atoms with E-state index in [1.54, 1.807) is 18.2 Å². The average Bonchev–Trinajstić information content (AvgIpc) is 3.35. The molecule has 1 saturated heterocycles. The molecule has 1 aromatic rings. The van der Waals surface area contributed by atoms with Crippen LogP contribution in [0.3, 0.4) is 0 Å². The van der Waals surface area contributed by atoms with Crippen LogP contribution < -0.4 is 0 Å². The van der Waals surface area contributed by atoms with E-state index in [4.69, 9.17) is 0 Å². The summed E-state index contributed by atoms with van der Waals surface area (Å²) in [4.78, 5) is 12.2. The molecule has 1 aliphatic carbocycles. The van der Waals surface area contributed by atoms with Gasteiger partial charge >= 0.3 is 5.97 Å². The van der Waals surface area contributed by atoms with E-state index in [9.17, 15) is 23.4 Å². The van der Waals surface area contributed by atoms with Gasteiger partial charge in [0.2, 0.25) is 10.0 Å². The van der Waals surface area contributed by atoms with Crippen molar-refractivity contribution in [3.63, 3.8) is 0 Å². The van der Waals surface area contributed by atoms with E-state index in [-0.39, 0.29) is 30.3 Å². The second-order valence-corrected chi connectivity index (χ2v) is 9.44. The van der Waals surface area contributed by atoms with Crippen LogP contribution in [-0.4, -0.2) is 48.1 Å². The molecular weight excluding hydrogens is 342 g/mol. The summed E-state index contributed by atoms with van der Waals surface area (Å²) in [6.07, 6.45) is 1.36. The molecule has 0 amide bonds. The Morgan fingerprint density at radius 1 is 1.24 bits per heavy atom.